The summed E-state index contributed by atoms with van der Waals surface area (Å²) in [4.78, 5) is 21.1. The Morgan fingerprint density at radius 2 is 1.88 bits per heavy atom. The molecule has 0 radical (unpaired) electrons. The molecule has 0 aliphatic heterocycles. The van der Waals surface area contributed by atoms with Crippen LogP contribution in [0.2, 0.25) is 0 Å². The Kier molecular flexibility index (Phi) is 5.70. The number of rotatable bonds is 6. The molecule has 0 aliphatic rings. The van der Waals surface area contributed by atoms with Gasteiger partial charge in [0.05, 0.1) is 11.6 Å². The van der Waals surface area contributed by atoms with Crippen LogP contribution in [0, 0.1) is 4.77 Å². The fraction of sp³-hybridized carbons (Fsp3) is 0.263. The Morgan fingerprint density at radius 1 is 1.15 bits per heavy atom. The maximum absolute atomic E-state index is 12.7. The third kappa shape index (κ3) is 3.95. The van der Waals surface area contributed by atoms with Crippen molar-refractivity contribution in [3.05, 3.63) is 79.0 Å². The van der Waals surface area contributed by atoms with Gasteiger partial charge in [0.15, 0.2) is 4.77 Å². The van der Waals surface area contributed by atoms with E-state index in [0.717, 1.165) is 10.4 Å². The third-order valence-corrected chi connectivity index (χ3v) is 5.38. The van der Waals surface area contributed by atoms with Gasteiger partial charge in [0.2, 0.25) is 5.88 Å². The minimum Gasteiger partial charge on any atom is -0.494 e. The van der Waals surface area contributed by atoms with Crippen LogP contribution in [0.5, 0.6) is 5.88 Å². The summed E-state index contributed by atoms with van der Waals surface area (Å²) >= 11 is 6.53. The van der Waals surface area contributed by atoms with Gasteiger partial charge in [-0.25, -0.2) is 0 Å². The highest BCUT2D eigenvalue weighted by Gasteiger charge is 2.30. The zero-order valence-corrected chi connectivity index (χ0v) is 16.2. The average Bonchev–Trinajstić information content (AvgIpc) is 3.11. The van der Waals surface area contributed by atoms with Gasteiger partial charge in [0.25, 0.3) is 5.56 Å². The second-order valence-corrected chi connectivity index (χ2v) is 7.73. The van der Waals surface area contributed by atoms with Crippen LogP contribution in [0.4, 0.5) is 0 Å². The lowest BCUT2D eigenvalue weighted by atomic mass is 10.0. The molecule has 7 heteroatoms. The SMILES string of the molecule is CC(C)N(Cc1ccccc1)[C@@H](c1cccs1)c1c(O)[nH]c(=S)[nH]c1=O. The fourth-order valence-corrected chi connectivity index (χ4v) is 4.07. The largest absolute Gasteiger partial charge is 0.494 e. The normalized spacial score (nSPS) is 12.6. The molecule has 0 fully saturated rings. The summed E-state index contributed by atoms with van der Waals surface area (Å²) in [6, 6.07) is 13.8. The first-order chi connectivity index (χ1) is 12.5. The van der Waals surface area contributed by atoms with Gasteiger partial charge in [-0.3, -0.25) is 14.7 Å². The molecule has 0 amide bonds. The van der Waals surface area contributed by atoms with Crippen molar-refractivity contribution in [2.24, 2.45) is 0 Å². The van der Waals surface area contributed by atoms with Crippen LogP contribution in [-0.4, -0.2) is 26.0 Å². The van der Waals surface area contributed by atoms with Gasteiger partial charge in [-0.1, -0.05) is 36.4 Å². The molecule has 0 saturated heterocycles. The van der Waals surface area contributed by atoms with Crippen molar-refractivity contribution in [1.29, 1.82) is 0 Å². The number of benzene rings is 1. The van der Waals surface area contributed by atoms with Gasteiger partial charge in [0, 0.05) is 17.5 Å². The van der Waals surface area contributed by atoms with Crippen LogP contribution in [-0.2, 0) is 6.54 Å². The molecular weight excluding hydrogens is 366 g/mol. The van der Waals surface area contributed by atoms with E-state index in [1.807, 2.05) is 35.7 Å². The van der Waals surface area contributed by atoms with E-state index in [0.29, 0.717) is 6.54 Å². The number of thiophene rings is 1. The summed E-state index contributed by atoms with van der Waals surface area (Å²) in [5.74, 6) is -0.184. The quantitative estimate of drug-likeness (QED) is 0.554. The Morgan fingerprint density at radius 3 is 2.46 bits per heavy atom. The molecule has 26 heavy (non-hydrogen) atoms. The molecule has 0 spiro atoms. The first-order valence-electron chi connectivity index (χ1n) is 8.36. The van der Waals surface area contributed by atoms with E-state index in [-0.39, 0.29) is 33.9 Å². The third-order valence-electron chi connectivity index (χ3n) is 4.25. The highest BCUT2D eigenvalue weighted by molar-refractivity contribution is 7.71. The first kappa shape index (κ1) is 18.6. The summed E-state index contributed by atoms with van der Waals surface area (Å²) in [5.41, 5.74) is 1.05. The number of nitrogens with one attached hydrogen (secondary N) is 2. The lowest BCUT2D eigenvalue weighted by molar-refractivity contribution is 0.166. The molecule has 0 bridgehead atoms. The summed E-state index contributed by atoms with van der Waals surface area (Å²) in [5, 5.41) is 12.4. The number of H-pyrrole nitrogens is 2. The van der Waals surface area contributed by atoms with E-state index in [4.69, 9.17) is 12.2 Å². The summed E-state index contributed by atoms with van der Waals surface area (Å²) < 4.78 is 0.111. The monoisotopic (exact) mass is 387 g/mol. The highest BCUT2D eigenvalue weighted by Crippen LogP contribution is 2.35. The van der Waals surface area contributed by atoms with Crippen LogP contribution >= 0.6 is 23.6 Å². The standard InChI is InChI=1S/C19H21N3O2S2/c1-12(2)22(11-13-7-4-3-5-8-13)16(14-9-6-10-26-14)15-17(23)20-19(25)21-18(15)24/h3-10,12,16H,11H2,1-2H3,(H3,20,21,23,24,25)/t16-/m0/s1. The van der Waals surface area contributed by atoms with Crippen molar-refractivity contribution in [2.75, 3.05) is 0 Å². The molecule has 1 aromatic carbocycles. The minimum atomic E-state index is -0.384. The molecule has 2 aromatic heterocycles. The maximum Gasteiger partial charge on any atom is 0.260 e. The van der Waals surface area contributed by atoms with Crippen LogP contribution in [0.1, 0.15) is 35.9 Å². The lowest BCUT2D eigenvalue weighted by Crippen LogP contribution is -2.37. The van der Waals surface area contributed by atoms with Crippen LogP contribution < -0.4 is 5.56 Å². The molecule has 3 aromatic rings. The van der Waals surface area contributed by atoms with Gasteiger partial charge in [0.1, 0.15) is 0 Å². The Bertz CT molecular complexity index is 962. The maximum atomic E-state index is 12.7. The van der Waals surface area contributed by atoms with Crippen LogP contribution in [0.25, 0.3) is 0 Å². The summed E-state index contributed by atoms with van der Waals surface area (Å²) in [6.45, 7) is 4.81. The number of aromatic hydroxyl groups is 1. The van der Waals surface area contributed by atoms with Crippen LogP contribution in [0.15, 0.2) is 52.6 Å². The molecular formula is C19H21N3O2S2. The molecule has 2 heterocycles. The number of hydrogen-bond acceptors (Lipinski definition) is 5. The second-order valence-electron chi connectivity index (χ2n) is 6.34. The molecule has 0 aliphatic carbocycles. The lowest BCUT2D eigenvalue weighted by Gasteiger charge is -2.34. The predicted molar refractivity (Wildman–Crippen MR) is 107 cm³/mol. The molecule has 3 rings (SSSR count). The van der Waals surface area contributed by atoms with Gasteiger partial charge in [-0.2, -0.15) is 0 Å². The van der Waals surface area contributed by atoms with Crippen molar-refractivity contribution >= 4 is 23.6 Å². The van der Waals surface area contributed by atoms with E-state index < -0.39 is 0 Å². The molecule has 0 unspecified atom stereocenters. The Labute approximate surface area is 161 Å². The van der Waals surface area contributed by atoms with E-state index in [1.54, 1.807) is 11.3 Å². The fourth-order valence-electron chi connectivity index (χ4n) is 3.02. The second kappa shape index (κ2) is 7.99. The highest BCUT2D eigenvalue weighted by atomic mass is 32.1. The van der Waals surface area contributed by atoms with E-state index in [2.05, 4.69) is 40.8 Å². The van der Waals surface area contributed by atoms with E-state index in [1.165, 1.54) is 0 Å². The number of aromatic nitrogens is 2. The average molecular weight is 388 g/mol. The van der Waals surface area contributed by atoms with Crippen molar-refractivity contribution in [3.63, 3.8) is 0 Å². The number of nitrogens with zero attached hydrogens (tertiary/aromatic N) is 1. The molecule has 136 valence electrons. The minimum absolute atomic E-state index is 0.111. The van der Waals surface area contributed by atoms with E-state index in [9.17, 15) is 9.90 Å². The summed E-state index contributed by atoms with van der Waals surface area (Å²) in [7, 11) is 0. The Hall–Kier alpha value is -2.22. The zero-order valence-electron chi connectivity index (χ0n) is 14.6. The number of aromatic amines is 2. The van der Waals surface area contributed by atoms with Crippen molar-refractivity contribution in [2.45, 2.75) is 32.5 Å². The molecule has 1 atom stereocenters. The molecule has 3 N–H and O–H groups in total. The molecule has 5 nitrogen and oxygen atoms in total. The van der Waals surface area contributed by atoms with Crippen molar-refractivity contribution in [1.82, 2.24) is 14.9 Å². The molecule has 0 saturated carbocycles. The smallest absolute Gasteiger partial charge is 0.260 e. The van der Waals surface area contributed by atoms with Gasteiger partial charge >= 0.3 is 0 Å². The van der Waals surface area contributed by atoms with Gasteiger partial charge in [-0.15, -0.1) is 11.3 Å². The first-order valence-corrected chi connectivity index (χ1v) is 9.64. The Balaban J connectivity index is 2.14. The van der Waals surface area contributed by atoms with Gasteiger partial charge in [-0.05, 0) is 43.1 Å². The predicted octanol–water partition coefficient (Wildman–Crippen LogP) is 4.20. The van der Waals surface area contributed by atoms with E-state index >= 15 is 0 Å². The zero-order chi connectivity index (χ0) is 18.7. The van der Waals surface area contributed by atoms with Crippen molar-refractivity contribution < 1.29 is 5.11 Å². The van der Waals surface area contributed by atoms with Gasteiger partial charge < -0.3 is 10.1 Å². The van der Waals surface area contributed by atoms with Crippen LogP contribution in [0.3, 0.4) is 0 Å². The summed E-state index contributed by atoms with van der Waals surface area (Å²) in [6.07, 6.45) is 0. The van der Waals surface area contributed by atoms with Crippen molar-refractivity contribution in [3.8, 4) is 5.88 Å². The number of hydrogen-bond donors (Lipinski definition) is 3. The topological polar surface area (TPSA) is 72.1 Å².